The van der Waals surface area contributed by atoms with Crippen molar-refractivity contribution in [1.82, 2.24) is 9.55 Å². The van der Waals surface area contributed by atoms with E-state index in [1.807, 2.05) is 41.1 Å². The number of aromatic nitrogens is 2. The zero-order valence-electron chi connectivity index (χ0n) is 17.7. The van der Waals surface area contributed by atoms with Crippen LogP contribution in [0.5, 0.6) is 11.5 Å². The maximum Gasteiger partial charge on any atom is 0.263 e. The second-order valence-electron chi connectivity index (χ2n) is 6.85. The van der Waals surface area contributed by atoms with Crippen LogP contribution in [0.2, 0.25) is 0 Å². The molecule has 0 radical (unpaired) electrons. The Kier molecular flexibility index (Phi) is 7.15. The summed E-state index contributed by atoms with van der Waals surface area (Å²) in [4.78, 5) is 20.2. The summed E-state index contributed by atoms with van der Waals surface area (Å²) in [7, 11) is 3.21. The van der Waals surface area contributed by atoms with Crippen molar-refractivity contribution >= 4 is 44.7 Å². The lowest BCUT2D eigenvalue weighted by atomic mass is 10.1. The predicted octanol–water partition coefficient (Wildman–Crippen LogP) is 5.45. The lowest BCUT2D eigenvalue weighted by Crippen LogP contribution is -2.24. The highest BCUT2D eigenvalue weighted by atomic mass is 32.2. The van der Waals surface area contributed by atoms with Gasteiger partial charge in [-0.2, -0.15) is 5.26 Å². The molecule has 0 aliphatic heterocycles. The van der Waals surface area contributed by atoms with Crippen molar-refractivity contribution < 1.29 is 9.47 Å². The normalized spacial score (nSPS) is 10.9. The first kappa shape index (κ1) is 22.4. The molecule has 1 aromatic carbocycles. The SMILES string of the molecule is COc1ccc(CCn2c(SCCC#N)nc3scc(-c4cccs4)c3c2=O)cc1OC. The average molecular weight is 484 g/mol. The van der Waals surface area contributed by atoms with Gasteiger partial charge in [-0.05, 0) is 35.6 Å². The van der Waals surface area contributed by atoms with Crippen molar-refractivity contribution in [3.8, 4) is 28.0 Å². The van der Waals surface area contributed by atoms with Crippen molar-refractivity contribution in [3.05, 3.63) is 57.0 Å². The Morgan fingerprint density at radius 1 is 1.19 bits per heavy atom. The summed E-state index contributed by atoms with van der Waals surface area (Å²) in [6.07, 6.45) is 1.04. The number of ether oxygens (including phenoxy) is 2. The number of methoxy groups -OCH3 is 2. The number of nitriles is 1. The summed E-state index contributed by atoms with van der Waals surface area (Å²) in [5.41, 5.74) is 1.93. The van der Waals surface area contributed by atoms with Gasteiger partial charge < -0.3 is 9.47 Å². The van der Waals surface area contributed by atoms with Crippen molar-refractivity contribution in [1.29, 1.82) is 5.26 Å². The van der Waals surface area contributed by atoms with E-state index in [1.165, 1.54) is 23.1 Å². The molecule has 9 heteroatoms. The molecule has 0 spiro atoms. The number of benzene rings is 1. The van der Waals surface area contributed by atoms with E-state index in [9.17, 15) is 4.79 Å². The van der Waals surface area contributed by atoms with Crippen LogP contribution in [-0.4, -0.2) is 29.5 Å². The topological polar surface area (TPSA) is 77.1 Å². The molecular formula is C23H21N3O3S3. The summed E-state index contributed by atoms with van der Waals surface area (Å²) in [5, 5.41) is 14.2. The van der Waals surface area contributed by atoms with Crippen LogP contribution in [0.4, 0.5) is 0 Å². The van der Waals surface area contributed by atoms with Gasteiger partial charge in [0, 0.05) is 34.5 Å². The first-order valence-electron chi connectivity index (χ1n) is 9.92. The fraction of sp³-hybridized carbons (Fsp3) is 0.261. The first-order valence-corrected chi connectivity index (χ1v) is 12.7. The molecule has 0 aliphatic rings. The van der Waals surface area contributed by atoms with Crippen molar-refractivity contribution in [2.45, 2.75) is 24.5 Å². The van der Waals surface area contributed by atoms with Crippen molar-refractivity contribution in [2.24, 2.45) is 0 Å². The Labute approximate surface area is 198 Å². The lowest BCUT2D eigenvalue weighted by molar-refractivity contribution is 0.354. The van der Waals surface area contributed by atoms with Gasteiger partial charge >= 0.3 is 0 Å². The van der Waals surface area contributed by atoms with Crippen LogP contribution in [0.15, 0.2) is 51.0 Å². The number of hydrogen-bond acceptors (Lipinski definition) is 8. The molecular weight excluding hydrogens is 462 g/mol. The van der Waals surface area contributed by atoms with Crippen LogP contribution >= 0.6 is 34.4 Å². The van der Waals surface area contributed by atoms with E-state index in [-0.39, 0.29) is 5.56 Å². The van der Waals surface area contributed by atoms with E-state index in [4.69, 9.17) is 19.7 Å². The van der Waals surface area contributed by atoms with Crippen LogP contribution in [0.25, 0.3) is 20.7 Å². The average Bonchev–Trinajstić information content (AvgIpc) is 3.48. The molecule has 0 N–H and O–H groups in total. The maximum absolute atomic E-state index is 13.6. The van der Waals surface area contributed by atoms with Gasteiger partial charge in [0.05, 0.1) is 25.7 Å². The van der Waals surface area contributed by atoms with E-state index in [1.54, 1.807) is 30.1 Å². The summed E-state index contributed by atoms with van der Waals surface area (Å²) in [6, 6.07) is 11.9. The zero-order chi connectivity index (χ0) is 22.5. The molecule has 4 rings (SSSR count). The molecule has 0 bridgehead atoms. The van der Waals surface area contributed by atoms with Gasteiger partial charge in [0.1, 0.15) is 4.83 Å². The minimum atomic E-state index is -0.0421. The third kappa shape index (κ3) is 4.53. The number of hydrogen-bond donors (Lipinski definition) is 0. The van der Waals surface area contributed by atoms with Gasteiger partial charge in [-0.1, -0.05) is 23.9 Å². The fourth-order valence-electron chi connectivity index (χ4n) is 3.39. The van der Waals surface area contributed by atoms with E-state index >= 15 is 0 Å². The quantitative estimate of drug-likeness (QED) is 0.179. The van der Waals surface area contributed by atoms with Gasteiger partial charge in [-0.3, -0.25) is 9.36 Å². The van der Waals surface area contributed by atoms with Gasteiger partial charge in [-0.25, -0.2) is 4.98 Å². The van der Waals surface area contributed by atoms with Crippen molar-refractivity contribution in [2.75, 3.05) is 20.0 Å². The summed E-state index contributed by atoms with van der Waals surface area (Å²) < 4.78 is 12.5. The standard InChI is InChI=1S/C23H21N3O3S3/c1-28-17-7-6-15(13-18(17)29-2)8-10-26-22(27)20-16(19-5-3-11-30-19)14-32-21(20)25-23(26)31-12-4-9-24/h3,5-7,11,13-14H,4,8,10,12H2,1-2H3. The van der Waals surface area contributed by atoms with Gasteiger partial charge in [0.2, 0.25) is 0 Å². The molecule has 3 aromatic heterocycles. The van der Waals surface area contributed by atoms with Gasteiger partial charge in [-0.15, -0.1) is 22.7 Å². The second-order valence-corrected chi connectivity index (χ2v) is 9.72. The predicted molar refractivity (Wildman–Crippen MR) is 131 cm³/mol. The Bertz CT molecular complexity index is 1320. The van der Waals surface area contributed by atoms with Crippen molar-refractivity contribution in [3.63, 3.8) is 0 Å². The highest BCUT2D eigenvalue weighted by Gasteiger charge is 2.18. The number of thiophene rings is 2. The molecule has 0 amide bonds. The number of thioether (sulfide) groups is 1. The van der Waals surface area contributed by atoms with Crippen LogP contribution < -0.4 is 15.0 Å². The minimum absolute atomic E-state index is 0.0421. The molecule has 0 fully saturated rings. The molecule has 3 heterocycles. The molecule has 0 unspecified atom stereocenters. The molecule has 0 saturated heterocycles. The Balaban J connectivity index is 1.73. The molecule has 0 atom stereocenters. The van der Waals surface area contributed by atoms with E-state index in [2.05, 4.69) is 6.07 Å². The van der Waals surface area contributed by atoms with Gasteiger partial charge in [0.15, 0.2) is 16.7 Å². The van der Waals surface area contributed by atoms with E-state index in [0.29, 0.717) is 47.2 Å². The summed E-state index contributed by atoms with van der Waals surface area (Å²) in [5.74, 6) is 1.92. The fourth-order valence-corrected chi connectivity index (χ4v) is 6.06. The monoisotopic (exact) mass is 483 g/mol. The van der Waals surface area contributed by atoms with E-state index < -0.39 is 0 Å². The van der Waals surface area contributed by atoms with Crippen LogP contribution in [0.1, 0.15) is 12.0 Å². The largest absolute Gasteiger partial charge is 0.493 e. The molecule has 6 nitrogen and oxygen atoms in total. The van der Waals surface area contributed by atoms with E-state index in [0.717, 1.165) is 20.8 Å². The molecule has 32 heavy (non-hydrogen) atoms. The summed E-state index contributed by atoms with van der Waals surface area (Å²) >= 11 is 4.55. The number of fused-ring (bicyclic) bond motifs is 1. The molecule has 4 aromatic rings. The maximum atomic E-state index is 13.6. The molecule has 0 saturated carbocycles. The number of aryl methyl sites for hydroxylation is 1. The second kappa shape index (κ2) is 10.2. The number of rotatable bonds is 9. The third-order valence-corrected chi connectivity index (χ3v) is 7.72. The zero-order valence-corrected chi connectivity index (χ0v) is 20.1. The summed E-state index contributed by atoms with van der Waals surface area (Å²) in [6.45, 7) is 0.478. The van der Waals surface area contributed by atoms with Gasteiger partial charge in [0.25, 0.3) is 5.56 Å². The Morgan fingerprint density at radius 3 is 2.75 bits per heavy atom. The van der Waals surface area contributed by atoms with Crippen LogP contribution in [0.3, 0.4) is 0 Å². The third-order valence-electron chi connectivity index (χ3n) is 4.96. The first-order chi connectivity index (χ1) is 15.7. The Hall–Kier alpha value is -2.80. The smallest absolute Gasteiger partial charge is 0.263 e. The lowest BCUT2D eigenvalue weighted by Gasteiger charge is -2.13. The highest BCUT2D eigenvalue weighted by Crippen LogP contribution is 2.35. The molecule has 164 valence electrons. The van der Waals surface area contributed by atoms with Crippen LogP contribution in [-0.2, 0) is 13.0 Å². The molecule has 0 aliphatic carbocycles. The highest BCUT2D eigenvalue weighted by molar-refractivity contribution is 7.99. The number of nitrogens with zero attached hydrogens (tertiary/aromatic N) is 3. The van der Waals surface area contributed by atoms with Crippen LogP contribution in [0, 0.1) is 11.3 Å². The minimum Gasteiger partial charge on any atom is -0.493 e. The Morgan fingerprint density at radius 2 is 2.03 bits per heavy atom.